The zero-order valence-electron chi connectivity index (χ0n) is 16.2. The van der Waals surface area contributed by atoms with Gasteiger partial charge in [0.2, 0.25) is 0 Å². The van der Waals surface area contributed by atoms with Gasteiger partial charge < -0.3 is 9.80 Å². The van der Waals surface area contributed by atoms with Gasteiger partial charge in [-0.15, -0.1) is 0 Å². The van der Waals surface area contributed by atoms with Gasteiger partial charge in [-0.1, -0.05) is 43.6 Å². The second kappa shape index (κ2) is 7.10. The predicted molar refractivity (Wildman–Crippen MR) is 111 cm³/mol. The number of rotatable bonds is 2. The highest BCUT2D eigenvalue weighted by atomic mass is 35.5. The molecule has 0 spiro atoms. The molecule has 5 nitrogen and oxygen atoms in total. The zero-order valence-corrected chi connectivity index (χ0v) is 17.0. The van der Waals surface area contributed by atoms with E-state index in [1.165, 1.54) is 5.69 Å². The van der Waals surface area contributed by atoms with Crippen LogP contribution in [-0.4, -0.2) is 36.9 Å². The molecule has 0 saturated carbocycles. The fraction of sp³-hybridized carbons (Fsp3) is 0.409. The van der Waals surface area contributed by atoms with E-state index < -0.39 is 0 Å². The van der Waals surface area contributed by atoms with Crippen molar-refractivity contribution < 1.29 is 4.79 Å². The Labute approximate surface area is 170 Å². The molecule has 1 aromatic carbocycles. The van der Waals surface area contributed by atoms with Gasteiger partial charge in [-0.3, -0.25) is 4.79 Å². The maximum absolute atomic E-state index is 12.6. The minimum Gasteiger partial charge on any atom is -0.368 e. The summed E-state index contributed by atoms with van der Waals surface area (Å²) < 4.78 is 0. The molecule has 0 radical (unpaired) electrons. The minimum atomic E-state index is -0.141. The van der Waals surface area contributed by atoms with Gasteiger partial charge in [0.25, 0.3) is 0 Å². The van der Waals surface area contributed by atoms with E-state index in [0.717, 1.165) is 31.9 Å². The second-order valence-electron chi connectivity index (χ2n) is 8.31. The first-order valence-corrected chi connectivity index (χ1v) is 9.98. The number of aromatic nitrogens is 1. The molecular weight excluding hydrogens is 372 g/mol. The Bertz CT molecular complexity index is 957. The molecule has 2 heterocycles. The van der Waals surface area contributed by atoms with Crippen LogP contribution in [0, 0.1) is 16.7 Å². The minimum absolute atomic E-state index is 0.0132. The van der Waals surface area contributed by atoms with Crippen LogP contribution in [0.15, 0.2) is 30.3 Å². The number of hydrogen-bond acceptors (Lipinski definition) is 5. The maximum atomic E-state index is 12.6. The Morgan fingerprint density at radius 1 is 1.07 bits per heavy atom. The van der Waals surface area contributed by atoms with Crippen LogP contribution >= 0.6 is 11.6 Å². The number of Topliss-reactive ketones (excluding diaryl/α,β-unsaturated/α-hetero) is 1. The third-order valence-corrected chi connectivity index (χ3v) is 5.95. The smallest absolute Gasteiger partial charge is 0.166 e. The molecule has 1 aliphatic carbocycles. The molecule has 0 N–H and O–H groups in total. The van der Waals surface area contributed by atoms with E-state index in [-0.39, 0.29) is 16.2 Å². The van der Waals surface area contributed by atoms with Crippen LogP contribution in [-0.2, 0) is 6.42 Å². The van der Waals surface area contributed by atoms with Crippen molar-refractivity contribution in [3.05, 3.63) is 52.2 Å². The van der Waals surface area contributed by atoms with E-state index in [0.29, 0.717) is 29.8 Å². The number of carbonyl (C=O) groups is 1. The Kier molecular flexibility index (Phi) is 4.76. The quantitative estimate of drug-likeness (QED) is 0.767. The first kappa shape index (κ1) is 18.8. The van der Waals surface area contributed by atoms with Gasteiger partial charge in [-0.25, -0.2) is 4.98 Å². The number of para-hydroxylation sites is 1. The van der Waals surface area contributed by atoms with Gasteiger partial charge in [0.1, 0.15) is 17.5 Å². The molecule has 4 rings (SSSR count). The Balaban J connectivity index is 1.65. The number of carbonyl (C=O) groups excluding carboxylic acids is 1. The number of fused-ring (bicyclic) bond motifs is 1. The number of hydrogen-bond donors (Lipinski definition) is 0. The summed E-state index contributed by atoms with van der Waals surface area (Å²) in [5, 5.41) is 10.00. The molecule has 0 amide bonds. The van der Waals surface area contributed by atoms with Crippen molar-refractivity contribution in [2.75, 3.05) is 36.0 Å². The number of nitrogens with zero attached hydrogens (tertiary/aromatic N) is 4. The molecule has 6 heteroatoms. The van der Waals surface area contributed by atoms with Crippen LogP contribution in [0.2, 0.25) is 5.02 Å². The Morgan fingerprint density at radius 3 is 2.36 bits per heavy atom. The summed E-state index contributed by atoms with van der Waals surface area (Å²) in [6, 6.07) is 12.5. The molecule has 1 aliphatic heterocycles. The van der Waals surface area contributed by atoms with Crippen molar-refractivity contribution in [2.45, 2.75) is 26.7 Å². The van der Waals surface area contributed by atoms with Gasteiger partial charge in [-0.2, -0.15) is 5.26 Å². The van der Waals surface area contributed by atoms with Crippen LogP contribution in [0.3, 0.4) is 0 Å². The largest absolute Gasteiger partial charge is 0.368 e. The molecule has 1 fully saturated rings. The molecular formula is C22H23ClN4O. The summed E-state index contributed by atoms with van der Waals surface area (Å²) in [5.74, 6) is 0.602. The molecule has 2 aromatic rings. The molecule has 28 heavy (non-hydrogen) atoms. The van der Waals surface area contributed by atoms with Gasteiger partial charge in [-0.05, 0) is 24.0 Å². The van der Waals surface area contributed by atoms with Crippen LogP contribution < -0.4 is 9.80 Å². The van der Waals surface area contributed by atoms with Crippen molar-refractivity contribution in [1.82, 2.24) is 4.98 Å². The summed E-state index contributed by atoms with van der Waals surface area (Å²) >= 11 is 6.54. The average molecular weight is 395 g/mol. The van der Waals surface area contributed by atoms with Gasteiger partial charge in [0, 0.05) is 38.3 Å². The van der Waals surface area contributed by atoms with E-state index in [4.69, 9.17) is 16.6 Å². The molecule has 1 aromatic heterocycles. The van der Waals surface area contributed by atoms with Gasteiger partial charge in [0.15, 0.2) is 5.78 Å². The highest BCUT2D eigenvalue weighted by molar-refractivity contribution is 6.35. The summed E-state index contributed by atoms with van der Waals surface area (Å²) in [6.07, 6.45) is 1.12. The SMILES string of the molecule is CC1(C)CC(=O)c2c(nc(N3CCN(c4ccccc4)CC3)c(C#N)c2Cl)C1. The molecule has 144 valence electrons. The second-order valence-corrected chi connectivity index (χ2v) is 8.69. The number of ketones is 1. The van der Waals surface area contributed by atoms with Crippen LogP contribution in [0.4, 0.5) is 11.5 Å². The molecule has 0 bridgehead atoms. The summed E-state index contributed by atoms with van der Waals surface area (Å²) in [5.41, 5.74) is 2.56. The Hall–Kier alpha value is -2.58. The molecule has 0 atom stereocenters. The summed E-state index contributed by atoms with van der Waals surface area (Å²) in [6.45, 7) is 7.33. The van der Waals surface area contributed by atoms with E-state index in [1.807, 2.05) is 18.2 Å². The third-order valence-electron chi connectivity index (χ3n) is 5.57. The van der Waals surface area contributed by atoms with Crippen molar-refractivity contribution in [3.8, 4) is 6.07 Å². The van der Waals surface area contributed by atoms with Crippen molar-refractivity contribution in [3.63, 3.8) is 0 Å². The lowest BCUT2D eigenvalue weighted by Gasteiger charge is -2.38. The van der Waals surface area contributed by atoms with Crippen LogP contribution in [0.1, 0.15) is 41.9 Å². The maximum Gasteiger partial charge on any atom is 0.166 e. The predicted octanol–water partition coefficient (Wildman–Crippen LogP) is 4.09. The summed E-state index contributed by atoms with van der Waals surface area (Å²) in [7, 11) is 0. The first-order valence-electron chi connectivity index (χ1n) is 9.60. The van der Waals surface area contributed by atoms with E-state index >= 15 is 0 Å². The molecule has 2 aliphatic rings. The topological polar surface area (TPSA) is 60.2 Å². The van der Waals surface area contributed by atoms with Crippen LogP contribution in [0.25, 0.3) is 0 Å². The lowest BCUT2D eigenvalue weighted by atomic mass is 9.75. The number of piperazine rings is 1. The molecule has 1 saturated heterocycles. The lowest BCUT2D eigenvalue weighted by molar-refractivity contribution is 0.0910. The fourth-order valence-electron chi connectivity index (χ4n) is 4.18. The van der Waals surface area contributed by atoms with Crippen molar-refractivity contribution in [1.29, 1.82) is 5.26 Å². The fourth-order valence-corrected chi connectivity index (χ4v) is 4.52. The Morgan fingerprint density at radius 2 is 1.71 bits per heavy atom. The van der Waals surface area contributed by atoms with Crippen molar-refractivity contribution >= 4 is 28.9 Å². The zero-order chi connectivity index (χ0) is 19.9. The number of benzene rings is 1. The van der Waals surface area contributed by atoms with E-state index in [1.54, 1.807) is 0 Å². The number of pyridine rings is 1. The first-order chi connectivity index (χ1) is 13.4. The van der Waals surface area contributed by atoms with Crippen LogP contribution in [0.5, 0.6) is 0 Å². The molecule has 0 unspecified atom stereocenters. The highest BCUT2D eigenvalue weighted by Gasteiger charge is 2.36. The van der Waals surface area contributed by atoms with E-state index in [9.17, 15) is 10.1 Å². The normalized spacial score (nSPS) is 18.6. The number of anilines is 2. The highest BCUT2D eigenvalue weighted by Crippen LogP contribution is 2.40. The van der Waals surface area contributed by atoms with E-state index in [2.05, 4.69) is 41.8 Å². The standard InChI is InChI=1S/C22H23ClN4O/c1-22(2)12-17-19(18(28)13-22)20(23)16(14-24)21(25-17)27-10-8-26(9-11-27)15-6-4-3-5-7-15/h3-7H,8-13H2,1-2H3. The van der Waals surface area contributed by atoms with Crippen molar-refractivity contribution in [2.24, 2.45) is 5.41 Å². The third kappa shape index (κ3) is 3.33. The summed E-state index contributed by atoms with van der Waals surface area (Å²) in [4.78, 5) is 21.9. The monoisotopic (exact) mass is 394 g/mol. The van der Waals surface area contributed by atoms with Gasteiger partial charge in [0.05, 0.1) is 16.3 Å². The van der Waals surface area contributed by atoms with Gasteiger partial charge >= 0.3 is 0 Å². The lowest BCUT2D eigenvalue weighted by Crippen LogP contribution is -2.47. The number of nitriles is 1. The number of halogens is 1. The average Bonchev–Trinajstić information content (AvgIpc) is 2.67.